The van der Waals surface area contributed by atoms with Crippen LogP contribution >= 0.6 is 0 Å². The van der Waals surface area contributed by atoms with E-state index in [2.05, 4.69) is 15.3 Å². The van der Waals surface area contributed by atoms with Gasteiger partial charge in [-0.05, 0) is 51.2 Å². The first kappa shape index (κ1) is 21.9. The van der Waals surface area contributed by atoms with E-state index in [-0.39, 0.29) is 5.56 Å². The number of alkyl carbamates (subject to hydrolysis) is 1. The minimum Gasteiger partial charge on any atom is -0.444 e. The monoisotopic (exact) mass is 457 g/mol. The molecule has 0 radical (unpaired) electrons. The highest BCUT2D eigenvalue weighted by atomic mass is 16.6. The largest absolute Gasteiger partial charge is 0.444 e. The maximum Gasteiger partial charge on any atom is 0.408 e. The Labute approximate surface area is 197 Å². The molecule has 7 heteroatoms. The molecule has 0 unspecified atom stereocenters. The van der Waals surface area contributed by atoms with Crippen molar-refractivity contribution in [2.24, 2.45) is 0 Å². The van der Waals surface area contributed by atoms with Crippen LogP contribution in [0.5, 0.6) is 0 Å². The van der Waals surface area contributed by atoms with Gasteiger partial charge in [0.05, 0.1) is 11.9 Å². The van der Waals surface area contributed by atoms with E-state index in [0.717, 1.165) is 36.0 Å². The highest BCUT2D eigenvalue weighted by molar-refractivity contribution is 5.99. The van der Waals surface area contributed by atoms with Gasteiger partial charge in [0, 0.05) is 11.1 Å². The second-order valence-electron chi connectivity index (χ2n) is 9.72. The van der Waals surface area contributed by atoms with E-state index >= 15 is 0 Å². The molecule has 2 aromatic carbocycles. The van der Waals surface area contributed by atoms with Crippen LogP contribution in [0, 0.1) is 0 Å². The Morgan fingerprint density at radius 3 is 2.38 bits per heavy atom. The minimum atomic E-state index is -0.556. The molecular formula is C27H27N3O4. The van der Waals surface area contributed by atoms with E-state index in [4.69, 9.17) is 9.15 Å². The first-order valence-electron chi connectivity index (χ1n) is 11.4. The molecule has 2 heterocycles. The van der Waals surface area contributed by atoms with E-state index in [1.165, 1.54) is 6.33 Å². The number of hydrogen-bond acceptors (Lipinski definition) is 5. The molecule has 1 fully saturated rings. The third kappa shape index (κ3) is 3.98. The van der Waals surface area contributed by atoms with Gasteiger partial charge in [-0.3, -0.25) is 4.79 Å². The summed E-state index contributed by atoms with van der Waals surface area (Å²) < 4.78 is 11.6. The summed E-state index contributed by atoms with van der Waals surface area (Å²) in [6.45, 7) is 5.56. The molecule has 2 N–H and O–H groups in total. The van der Waals surface area contributed by atoms with E-state index < -0.39 is 17.2 Å². The molecular weight excluding hydrogens is 430 g/mol. The fourth-order valence-electron chi connectivity index (χ4n) is 4.48. The zero-order valence-corrected chi connectivity index (χ0v) is 19.5. The average molecular weight is 458 g/mol. The van der Waals surface area contributed by atoms with Gasteiger partial charge in [-0.15, -0.1) is 0 Å². The molecule has 0 spiro atoms. The van der Waals surface area contributed by atoms with Gasteiger partial charge in [-0.25, -0.2) is 9.78 Å². The first-order chi connectivity index (χ1) is 16.3. The standard InChI is InChI=1S/C27H27N3O4/c1-26(2,3)34-25(32)30-27(14-7-15-27)19-12-10-18(11-13-19)22-20(17-8-5-4-6-9-17)21-23(31)28-16-29-24(21)33-22/h4-6,8-13,16H,7,14-15H2,1-3H3,(H,30,32)(H,28,29,31). The molecule has 0 aliphatic heterocycles. The minimum absolute atomic E-state index is 0.245. The van der Waals surface area contributed by atoms with Gasteiger partial charge < -0.3 is 19.5 Å². The Morgan fingerprint density at radius 1 is 1.06 bits per heavy atom. The van der Waals surface area contributed by atoms with Crippen molar-refractivity contribution in [1.29, 1.82) is 0 Å². The quantitative estimate of drug-likeness (QED) is 0.406. The number of nitrogens with zero attached hydrogens (tertiary/aromatic N) is 1. The van der Waals surface area contributed by atoms with Gasteiger partial charge in [0.2, 0.25) is 5.71 Å². The van der Waals surface area contributed by atoms with E-state index in [1.807, 2.05) is 75.4 Å². The van der Waals surface area contributed by atoms with Crippen LogP contribution in [-0.4, -0.2) is 21.7 Å². The molecule has 1 saturated carbocycles. The Hall–Kier alpha value is -3.87. The summed E-state index contributed by atoms with van der Waals surface area (Å²) in [7, 11) is 0. The lowest BCUT2D eigenvalue weighted by Crippen LogP contribution is -2.52. The second kappa shape index (κ2) is 8.17. The van der Waals surface area contributed by atoms with Crippen LogP contribution in [0.2, 0.25) is 0 Å². The second-order valence-corrected chi connectivity index (χ2v) is 9.72. The number of benzene rings is 2. The number of hydrogen-bond donors (Lipinski definition) is 2. The molecule has 174 valence electrons. The number of furan rings is 1. The van der Waals surface area contributed by atoms with Crippen molar-refractivity contribution in [3.63, 3.8) is 0 Å². The number of carbonyl (C=O) groups is 1. The molecule has 0 atom stereocenters. The lowest BCUT2D eigenvalue weighted by molar-refractivity contribution is 0.0377. The molecule has 7 nitrogen and oxygen atoms in total. The third-order valence-corrected chi connectivity index (χ3v) is 6.20. The normalized spacial score (nSPS) is 15.0. The number of carbonyl (C=O) groups excluding carboxylic acids is 1. The number of rotatable bonds is 4. The number of aromatic nitrogens is 2. The topological polar surface area (TPSA) is 97.2 Å². The number of H-pyrrole nitrogens is 1. The number of ether oxygens (including phenoxy) is 1. The zero-order chi connectivity index (χ0) is 23.9. The fraction of sp³-hybridized carbons (Fsp3) is 0.296. The third-order valence-electron chi connectivity index (χ3n) is 6.20. The van der Waals surface area contributed by atoms with Gasteiger partial charge in [0.1, 0.15) is 16.7 Å². The average Bonchev–Trinajstić information content (AvgIpc) is 3.17. The van der Waals surface area contributed by atoms with Crippen molar-refractivity contribution in [3.8, 4) is 22.5 Å². The number of amides is 1. The molecule has 1 amide bonds. The van der Waals surface area contributed by atoms with Crippen LogP contribution in [0.1, 0.15) is 45.6 Å². The van der Waals surface area contributed by atoms with E-state index in [9.17, 15) is 9.59 Å². The maximum absolute atomic E-state index is 12.6. The van der Waals surface area contributed by atoms with Crippen LogP contribution in [0.4, 0.5) is 4.79 Å². The lowest BCUT2D eigenvalue weighted by Gasteiger charge is -2.43. The Balaban J connectivity index is 1.53. The van der Waals surface area contributed by atoms with Gasteiger partial charge in [0.15, 0.2) is 0 Å². The smallest absolute Gasteiger partial charge is 0.408 e. The van der Waals surface area contributed by atoms with Crippen molar-refractivity contribution >= 4 is 17.2 Å². The predicted octanol–water partition coefficient (Wildman–Crippen LogP) is 5.75. The summed E-state index contributed by atoms with van der Waals surface area (Å²) in [5, 5.41) is 3.51. The van der Waals surface area contributed by atoms with Crippen LogP contribution < -0.4 is 10.9 Å². The summed E-state index contributed by atoms with van der Waals surface area (Å²) >= 11 is 0. The van der Waals surface area contributed by atoms with Crippen LogP contribution in [0.3, 0.4) is 0 Å². The van der Waals surface area contributed by atoms with Crippen molar-refractivity contribution in [2.75, 3.05) is 0 Å². The lowest BCUT2D eigenvalue weighted by atomic mass is 9.71. The van der Waals surface area contributed by atoms with Crippen molar-refractivity contribution in [2.45, 2.75) is 51.2 Å². The summed E-state index contributed by atoms with van der Waals surface area (Å²) in [5.74, 6) is 0.583. The molecule has 2 aromatic heterocycles. The van der Waals surface area contributed by atoms with Crippen molar-refractivity contribution in [1.82, 2.24) is 15.3 Å². The molecule has 4 aromatic rings. The summed E-state index contributed by atoms with van der Waals surface area (Å²) in [6, 6.07) is 17.6. The van der Waals surface area contributed by atoms with Gasteiger partial charge >= 0.3 is 6.09 Å². The van der Waals surface area contributed by atoms with Crippen molar-refractivity contribution < 1.29 is 13.9 Å². The number of aromatic amines is 1. The van der Waals surface area contributed by atoms with E-state index in [0.29, 0.717) is 22.4 Å². The predicted molar refractivity (Wildman–Crippen MR) is 130 cm³/mol. The fourth-order valence-corrected chi connectivity index (χ4v) is 4.48. The SMILES string of the molecule is CC(C)(C)OC(=O)NC1(c2ccc(-c3oc4nc[nH]c(=O)c4c3-c3ccccc3)cc2)CCC1. The molecule has 1 aliphatic carbocycles. The van der Waals surface area contributed by atoms with Crippen molar-refractivity contribution in [3.05, 3.63) is 76.8 Å². The van der Waals surface area contributed by atoms with Crippen LogP contribution in [0.25, 0.3) is 33.6 Å². The Morgan fingerprint density at radius 2 is 1.76 bits per heavy atom. The molecule has 1 aliphatic rings. The molecule has 0 bridgehead atoms. The highest BCUT2D eigenvalue weighted by Gasteiger charge is 2.41. The van der Waals surface area contributed by atoms with Crippen LogP contribution in [-0.2, 0) is 10.3 Å². The zero-order valence-electron chi connectivity index (χ0n) is 19.5. The van der Waals surface area contributed by atoms with E-state index in [1.54, 1.807) is 0 Å². The van der Waals surface area contributed by atoms with Gasteiger partial charge in [-0.2, -0.15) is 0 Å². The summed E-state index contributed by atoms with van der Waals surface area (Å²) in [4.78, 5) is 32.0. The number of fused-ring (bicyclic) bond motifs is 1. The summed E-state index contributed by atoms with van der Waals surface area (Å²) in [5.41, 5.74) is 2.49. The van der Waals surface area contributed by atoms with Crippen LogP contribution in [0.15, 0.2) is 70.1 Å². The Bertz CT molecular complexity index is 1390. The van der Waals surface area contributed by atoms with Gasteiger partial charge in [-0.1, -0.05) is 54.6 Å². The Kier molecular flexibility index (Phi) is 5.27. The molecule has 34 heavy (non-hydrogen) atoms. The summed E-state index contributed by atoms with van der Waals surface area (Å²) in [6.07, 6.45) is 3.67. The number of nitrogens with one attached hydrogen (secondary N) is 2. The molecule has 5 rings (SSSR count). The first-order valence-corrected chi connectivity index (χ1v) is 11.4. The maximum atomic E-state index is 12.6. The molecule has 0 saturated heterocycles. The highest BCUT2D eigenvalue weighted by Crippen LogP contribution is 2.43. The van der Waals surface area contributed by atoms with Gasteiger partial charge in [0.25, 0.3) is 5.56 Å².